The highest BCUT2D eigenvalue weighted by Crippen LogP contribution is 2.42. The van der Waals surface area contributed by atoms with Crippen LogP contribution in [0.3, 0.4) is 0 Å². The maximum Gasteiger partial charge on any atom is 0.433 e. The molecule has 0 aliphatic carbocycles. The zero-order valence-corrected chi connectivity index (χ0v) is 27.7. The average molecular weight is 701 g/mol. The van der Waals surface area contributed by atoms with Crippen molar-refractivity contribution in [2.24, 2.45) is 5.41 Å². The first kappa shape index (κ1) is 34.1. The number of halogens is 3. The molecule has 2 unspecified atom stereocenters. The number of hydrogen-bond acceptors (Lipinski definition) is 8. The van der Waals surface area contributed by atoms with Gasteiger partial charge < -0.3 is 15.4 Å². The Balaban J connectivity index is 1.18. The van der Waals surface area contributed by atoms with E-state index in [4.69, 9.17) is 4.74 Å². The summed E-state index contributed by atoms with van der Waals surface area (Å²) in [6.45, 7) is 9.83. The van der Waals surface area contributed by atoms with E-state index < -0.39 is 41.5 Å². The Labute approximate surface area is 291 Å². The van der Waals surface area contributed by atoms with Gasteiger partial charge in [-0.15, -0.1) is 0 Å². The largest absolute Gasteiger partial charge is 0.433 e. The van der Waals surface area contributed by atoms with Gasteiger partial charge in [0.15, 0.2) is 0 Å². The highest BCUT2D eigenvalue weighted by Gasteiger charge is 2.49. The summed E-state index contributed by atoms with van der Waals surface area (Å²) in [6.07, 6.45) is -2.33. The molecule has 15 heteroatoms. The summed E-state index contributed by atoms with van der Waals surface area (Å²) in [5, 5.41) is 10.2. The van der Waals surface area contributed by atoms with E-state index in [9.17, 15) is 27.6 Å². The number of carbonyl (C=O) groups is 3. The predicted octanol–water partition coefficient (Wildman–Crippen LogP) is 3.48. The number of hydrogen-bond donors (Lipinski definition) is 2. The van der Waals surface area contributed by atoms with Crippen molar-refractivity contribution in [3.63, 3.8) is 0 Å². The minimum atomic E-state index is -4.80. The number of likely N-dealkylation sites (tertiary alicyclic amines) is 1. The fourth-order valence-corrected chi connectivity index (χ4v) is 6.98. The van der Waals surface area contributed by atoms with Gasteiger partial charge in [-0.2, -0.15) is 18.3 Å². The van der Waals surface area contributed by atoms with Crippen LogP contribution in [-0.2, 0) is 27.0 Å². The number of anilines is 1. The molecule has 51 heavy (non-hydrogen) atoms. The first-order valence-electron chi connectivity index (χ1n) is 16.5. The lowest BCUT2D eigenvalue weighted by Crippen LogP contribution is -2.66. The van der Waals surface area contributed by atoms with Crippen molar-refractivity contribution < 1.29 is 32.3 Å². The van der Waals surface area contributed by atoms with Crippen LogP contribution in [0.25, 0.3) is 5.69 Å². The fraction of sp³-hybridized carbons (Fsp3) is 0.333. The van der Waals surface area contributed by atoms with Crippen LogP contribution in [0, 0.1) is 5.41 Å². The van der Waals surface area contributed by atoms with Gasteiger partial charge >= 0.3 is 6.18 Å². The Bertz CT molecular complexity index is 1990. The number of aromatic nitrogens is 4. The maximum absolute atomic E-state index is 14.3. The molecule has 12 nitrogen and oxygen atoms in total. The summed E-state index contributed by atoms with van der Waals surface area (Å²) >= 11 is 0. The van der Waals surface area contributed by atoms with E-state index in [1.807, 2.05) is 42.5 Å². The van der Waals surface area contributed by atoms with Gasteiger partial charge in [0.2, 0.25) is 11.7 Å². The molecule has 3 aliphatic heterocycles. The van der Waals surface area contributed by atoms with Crippen molar-refractivity contribution in [2.45, 2.75) is 31.6 Å². The van der Waals surface area contributed by atoms with Crippen molar-refractivity contribution in [3.8, 4) is 5.69 Å². The molecule has 2 atom stereocenters. The summed E-state index contributed by atoms with van der Waals surface area (Å²) in [5.41, 5.74) is 2.02. The number of fused-ring (bicyclic) bond motifs is 1. The summed E-state index contributed by atoms with van der Waals surface area (Å²) in [4.78, 5) is 51.6. The second kappa shape index (κ2) is 13.4. The first-order valence-corrected chi connectivity index (χ1v) is 16.5. The Morgan fingerprint density at radius 1 is 1.08 bits per heavy atom. The summed E-state index contributed by atoms with van der Waals surface area (Å²) in [6, 6.07) is 15.8. The lowest BCUT2D eigenvalue weighted by Gasteiger charge is -2.55. The Morgan fingerprint density at radius 2 is 1.84 bits per heavy atom. The zero-order valence-electron chi connectivity index (χ0n) is 27.7. The van der Waals surface area contributed by atoms with Gasteiger partial charge in [0.1, 0.15) is 17.6 Å². The summed E-state index contributed by atoms with van der Waals surface area (Å²) in [5.74, 6) is -2.87. The van der Waals surface area contributed by atoms with Gasteiger partial charge in [-0.3, -0.25) is 24.2 Å². The number of nitrogens with one attached hydrogen (secondary N) is 2. The molecule has 264 valence electrons. The third-order valence-corrected chi connectivity index (χ3v) is 9.41. The molecule has 2 fully saturated rings. The van der Waals surface area contributed by atoms with Crippen LogP contribution in [0.15, 0.2) is 85.2 Å². The zero-order chi connectivity index (χ0) is 35.9. The molecule has 1 spiro atoms. The first-order chi connectivity index (χ1) is 24.5. The number of amides is 3. The van der Waals surface area contributed by atoms with E-state index in [1.165, 1.54) is 4.90 Å². The molecule has 2 aromatic heterocycles. The third-order valence-electron chi connectivity index (χ3n) is 9.41. The topological polar surface area (TPSA) is 135 Å². The van der Waals surface area contributed by atoms with Crippen molar-refractivity contribution in [1.29, 1.82) is 0 Å². The standard InChI is InChI=1S/C36H35F3N8O4/c1-3-46-33-26(16-42-47(33)25-10-5-4-6-11-25)28(29(34(46)50)44-32(49)30-40-13-12-27(43-30)36(37,38)39)24-9-7-8-23(14-24)15-41-31(48)22(2)17-45-18-35(19-45)20-51-21-35/h4-14,16,28-29H,2-3,15,17-21H2,1H3,(H,41,48)(H,44,49). The van der Waals surface area contributed by atoms with Gasteiger partial charge in [-0.25, -0.2) is 14.6 Å². The molecule has 0 radical (unpaired) electrons. The fourth-order valence-electron chi connectivity index (χ4n) is 6.98. The number of alkyl halides is 3. The van der Waals surface area contributed by atoms with E-state index in [-0.39, 0.29) is 24.4 Å². The van der Waals surface area contributed by atoms with Crippen molar-refractivity contribution in [2.75, 3.05) is 44.3 Å². The Morgan fingerprint density at radius 3 is 2.53 bits per heavy atom. The third kappa shape index (κ3) is 6.61. The van der Waals surface area contributed by atoms with E-state index in [0.29, 0.717) is 40.8 Å². The van der Waals surface area contributed by atoms with Crippen molar-refractivity contribution >= 4 is 23.5 Å². The average Bonchev–Trinajstić information content (AvgIpc) is 3.52. The lowest BCUT2D eigenvalue weighted by atomic mass is 9.78. The van der Waals surface area contributed by atoms with E-state index >= 15 is 0 Å². The molecular formula is C36H35F3N8O4. The van der Waals surface area contributed by atoms with Crippen LogP contribution in [0.2, 0.25) is 0 Å². The van der Waals surface area contributed by atoms with Gasteiger partial charge in [0.05, 0.1) is 25.1 Å². The van der Waals surface area contributed by atoms with Gasteiger partial charge in [-0.1, -0.05) is 49.0 Å². The second-order valence-electron chi connectivity index (χ2n) is 13.1. The SMILES string of the molecule is C=C(CN1CC2(COC2)C1)C(=O)NCc1cccc(C2c3cnn(-c4ccccc4)c3N(CC)C(=O)C2NC(=O)c2nccc(C(F)(F)F)n2)c1. The number of ether oxygens (including phenoxy) is 1. The van der Waals surface area contributed by atoms with Gasteiger partial charge in [0.25, 0.3) is 11.8 Å². The number of rotatable bonds is 10. The van der Waals surface area contributed by atoms with E-state index in [1.54, 1.807) is 29.9 Å². The van der Waals surface area contributed by atoms with Crippen LogP contribution < -0.4 is 15.5 Å². The van der Waals surface area contributed by atoms with Crippen LogP contribution in [0.4, 0.5) is 19.0 Å². The molecule has 2 saturated heterocycles. The predicted molar refractivity (Wildman–Crippen MR) is 179 cm³/mol. The molecule has 2 N–H and O–H groups in total. The highest BCUT2D eigenvalue weighted by molar-refractivity contribution is 6.04. The number of likely N-dealkylation sites (N-methyl/N-ethyl adjacent to an activating group) is 1. The Hall–Kier alpha value is -5.41. The van der Waals surface area contributed by atoms with Crippen molar-refractivity contribution in [3.05, 3.63) is 113 Å². The molecule has 2 aromatic carbocycles. The molecule has 5 heterocycles. The quantitative estimate of drug-likeness (QED) is 0.241. The second-order valence-corrected chi connectivity index (χ2v) is 13.1. The molecule has 0 saturated carbocycles. The Kier molecular flexibility index (Phi) is 8.93. The summed E-state index contributed by atoms with van der Waals surface area (Å²) in [7, 11) is 0. The normalized spacial score (nSPS) is 19.5. The molecule has 4 aromatic rings. The molecule has 7 rings (SSSR count). The van der Waals surface area contributed by atoms with Crippen molar-refractivity contribution in [1.82, 2.24) is 35.3 Å². The number of benzene rings is 2. The minimum absolute atomic E-state index is 0.163. The van der Waals surface area contributed by atoms with Gasteiger partial charge in [0, 0.05) is 61.4 Å². The maximum atomic E-state index is 14.3. The lowest BCUT2D eigenvalue weighted by molar-refractivity contribution is -0.186. The summed E-state index contributed by atoms with van der Waals surface area (Å²) < 4.78 is 47.2. The van der Waals surface area contributed by atoms with Crippen LogP contribution in [0.5, 0.6) is 0 Å². The van der Waals surface area contributed by atoms with Crippen LogP contribution >= 0.6 is 0 Å². The minimum Gasteiger partial charge on any atom is -0.380 e. The molecule has 3 aliphatic rings. The monoisotopic (exact) mass is 700 g/mol. The molecule has 0 bridgehead atoms. The number of para-hydroxylation sites is 1. The van der Waals surface area contributed by atoms with E-state index in [2.05, 4.69) is 37.2 Å². The molecule has 3 amide bonds. The number of nitrogens with zero attached hydrogens (tertiary/aromatic N) is 6. The highest BCUT2D eigenvalue weighted by atomic mass is 19.4. The number of carbonyl (C=O) groups excluding carboxylic acids is 3. The van der Waals surface area contributed by atoms with Crippen LogP contribution in [0.1, 0.15) is 45.8 Å². The van der Waals surface area contributed by atoms with Gasteiger partial charge in [-0.05, 0) is 36.2 Å². The molecular weight excluding hydrogens is 665 g/mol. The smallest absolute Gasteiger partial charge is 0.380 e. The van der Waals surface area contributed by atoms with Crippen LogP contribution in [-0.4, -0.2) is 87.8 Å². The van der Waals surface area contributed by atoms with E-state index in [0.717, 1.165) is 38.1 Å².